The Hall–Kier alpha value is -1.36. The molecule has 0 fully saturated rings. The molecule has 0 N–H and O–H groups in total. The van der Waals surface area contributed by atoms with Crippen LogP contribution in [0.4, 0.5) is 0 Å². The number of hydrogen-bond donors (Lipinski definition) is 0. The van der Waals surface area contributed by atoms with Crippen molar-refractivity contribution in [1.82, 2.24) is 19.7 Å². The largest absolute Gasteiger partial charge is 0.315 e. The van der Waals surface area contributed by atoms with E-state index in [1.807, 2.05) is 26.1 Å². The van der Waals surface area contributed by atoms with Crippen molar-refractivity contribution in [2.75, 3.05) is 0 Å². The van der Waals surface area contributed by atoms with Gasteiger partial charge in [0.1, 0.15) is 11.6 Å². The molecule has 2 heterocycles. The minimum atomic E-state index is 0.810. The molecule has 0 aromatic carbocycles. The molecule has 0 aliphatic carbocycles. The van der Waals surface area contributed by atoms with E-state index in [-0.39, 0.29) is 0 Å². The van der Waals surface area contributed by atoms with Gasteiger partial charge in [-0.05, 0) is 32.4 Å². The molecular weight excluding hydrogens is 232 g/mol. The van der Waals surface area contributed by atoms with Gasteiger partial charge in [-0.3, -0.25) is 0 Å². The Kier molecular flexibility index (Phi) is 3.78. The van der Waals surface area contributed by atoms with Gasteiger partial charge >= 0.3 is 0 Å². The molecule has 2 rings (SSSR count). The summed E-state index contributed by atoms with van der Waals surface area (Å²) in [5.74, 6) is 2.79. The van der Waals surface area contributed by atoms with Crippen LogP contribution in [0.3, 0.4) is 0 Å². The summed E-state index contributed by atoms with van der Waals surface area (Å²) in [6.07, 6.45) is 1.89. The van der Waals surface area contributed by atoms with Gasteiger partial charge in [0, 0.05) is 12.7 Å². The van der Waals surface area contributed by atoms with Crippen molar-refractivity contribution in [3.05, 3.63) is 35.5 Å². The third kappa shape index (κ3) is 2.85. The molecule has 2 aromatic heterocycles. The molecule has 5 heteroatoms. The molecular formula is C12H16N4S. The van der Waals surface area contributed by atoms with E-state index in [2.05, 4.69) is 32.7 Å². The van der Waals surface area contributed by atoms with Gasteiger partial charge in [0.05, 0.1) is 10.8 Å². The highest BCUT2D eigenvalue weighted by Crippen LogP contribution is 2.20. The van der Waals surface area contributed by atoms with Crippen LogP contribution in [-0.4, -0.2) is 19.7 Å². The Morgan fingerprint density at radius 2 is 2.06 bits per heavy atom. The lowest BCUT2D eigenvalue weighted by Gasteiger charge is -2.04. The lowest BCUT2D eigenvalue weighted by Crippen LogP contribution is -2.02. The number of nitrogens with zero attached hydrogens (tertiary/aromatic N) is 4. The van der Waals surface area contributed by atoms with Crippen LogP contribution in [0, 0.1) is 13.8 Å². The van der Waals surface area contributed by atoms with Gasteiger partial charge < -0.3 is 4.57 Å². The second kappa shape index (κ2) is 5.31. The maximum atomic E-state index is 4.36. The Morgan fingerprint density at radius 1 is 1.24 bits per heavy atom. The van der Waals surface area contributed by atoms with Crippen LogP contribution in [0.2, 0.25) is 0 Å². The first-order valence-corrected chi connectivity index (χ1v) is 6.63. The summed E-state index contributed by atoms with van der Waals surface area (Å²) in [5.41, 5.74) is 1.18. The minimum absolute atomic E-state index is 0.810. The maximum absolute atomic E-state index is 4.36. The average Bonchev–Trinajstić information content (AvgIpc) is 2.69. The highest BCUT2D eigenvalue weighted by Gasteiger charge is 2.07. The van der Waals surface area contributed by atoms with E-state index in [0.717, 1.165) is 29.0 Å². The van der Waals surface area contributed by atoms with E-state index in [9.17, 15) is 0 Å². The smallest absolute Gasteiger partial charge is 0.143 e. The molecule has 0 saturated heterocycles. The first-order chi connectivity index (χ1) is 8.20. The zero-order chi connectivity index (χ0) is 12.3. The third-order valence-corrected chi connectivity index (χ3v) is 3.50. The van der Waals surface area contributed by atoms with Crippen LogP contribution < -0.4 is 0 Å². The third-order valence-electron chi connectivity index (χ3n) is 2.56. The molecule has 17 heavy (non-hydrogen) atoms. The average molecular weight is 248 g/mol. The second-order valence-electron chi connectivity index (χ2n) is 3.87. The Bertz CT molecular complexity index is 490. The lowest BCUT2D eigenvalue weighted by atomic mass is 10.3. The van der Waals surface area contributed by atoms with Crippen molar-refractivity contribution >= 4 is 11.8 Å². The summed E-state index contributed by atoms with van der Waals surface area (Å²) in [4.78, 5) is 4.36. The molecule has 90 valence electrons. The first kappa shape index (κ1) is 12.1. The number of aryl methyl sites for hydroxylation is 2. The van der Waals surface area contributed by atoms with Crippen molar-refractivity contribution < 1.29 is 0 Å². The van der Waals surface area contributed by atoms with Crippen LogP contribution >= 0.6 is 11.8 Å². The topological polar surface area (TPSA) is 43.6 Å². The van der Waals surface area contributed by atoms with Crippen molar-refractivity contribution in [2.45, 2.75) is 38.1 Å². The molecule has 2 aromatic rings. The van der Waals surface area contributed by atoms with Gasteiger partial charge in [0.25, 0.3) is 0 Å². The molecule has 0 unspecified atom stereocenters. The highest BCUT2D eigenvalue weighted by molar-refractivity contribution is 7.98. The van der Waals surface area contributed by atoms with Crippen LogP contribution in [0.25, 0.3) is 0 Å². The number of thioether (sulfide) groups is 1. The molecule has 0 saturated carbocycles. The predicted molar refractivity (Wildman–Crippen MR) is 69.0 cm³/mol. The van der Waals surface area contributed by atoms with Crippen molar-refractivity contribution in [3.8, 4) is 0 Å². The molecule has 0 amide bonds. The fraction of sp³-hybridized carbons (Fsp3) is 0.417. The molecule has 0 aliphatic rings. The maximum Gasteiger partial charge on any atom is 0.143 e. The summed E-state index contributed by atoms with van der Waals surface area (Å²) in [7, 11) is 0. The quantitative estimate of drug-likeness (QED) is 0.780. The number of pyridine rings is 1. The van der Waals surface area contributed by atoms with E-state index in [1.54, 1.807) is 11.8 Å². The molecule has 0 radical (unpaired) electrons. The Labute approximate surface area is 105 Å². The normalized spacial score (nSPS) is 10.8. The standard InChI is InChI=1S/C12H16N4S/c1-4-16-10(3)14-15-11(16)8-17-12-6-5-9(2)7-13-12/h5-7H,4,8H2,1-3H3. The van der Waals surface area contributed by atoms with Gasteiger partial charge in [0.15, 0.2) is 0 Å². The zero-order valence-corrected chi connectivity index (χ0v) is 11.2. The zero-order valence-electron chi connectivity index (χ0n) is 10.3. The van der Waals surface area contributed by atoms with Crippen molar-refractivity contribution in [2.24, 2.45) is 0 Å². The van der Waals surface area contributed by atoms with Gasteiger partial charge in [-0.1, -0.05) is 17.8 Å². The fourth-order valence-electron chi connectivity index (χ4n) is 1.62. The second-order valence-corrected chi connectivity index (χ2v) is 4.87. The van der Waals surface area contributed by atoms with Crippen LogP contribution in [0.1, 0.15) is 24.1 Å². The lowest BCUT2D eigenvalue weighted by molar-refractivity contribution is 0.701. The summed E-state index contributed by atoms with van der Waals surface area (Å²) in [5, 5.41) is 9.30. The van der Waals surface area contributed by atoms with Crippen molar-refractivity contribution in [3.63, 3.8) is 0 Å². The SMILES string of the molecule is CCn1c(C)nnc1CSc1ccc(C)cn1. The van der Waals surface area contributed by atoms with Gasteiger partial charge in [-0.15, -0.1) is 10.2 Å². The van der Waals surface area contributed by atoms with E-state index in [0.29, 0.717) is 0 Å². The molecule has 0 aliphatic heterocycles. The molecule has 0 atom stereocenters. The Balaban J connectivity index is 2.04. The van der Waals surface area contributed by atoms with Gasteiger partial charge in [-0.25, -0.2) is 4.98 Å². The summed E-state index contributed by atoms with van der Waals surface area (Å²) in [6.45, 7) is 7.04. The van der Waals surface area contributed by atoms with E-state index >= 15 is 0 Å². The van der Waals surface area contributed by atoms with E-state index < -0.39 is 0 Å². The highest BCUT2D eigenvalue weighted by atomic mass is 32.2. The summed E-state index contributed by atoms with van der Waals surface area (Å²) >= 11 is 1.69. The fourth-order valence-corrected chi connectivity index (χ4v) is 2.40. The molecule has 0 spiro atoms. The predicted octanol–water partition coefficient (Wildman–Crippen LogP) is 2.60. The number of aromatic nitrogens is 4. The van der Waals surface area contributed by atoms with Crippen LogP contribution in [0.5, 0.6) is 0 Å². The van der Waals surface area contributed by atoms with Gasteiger partial charge in [0.2, 0.25) is 0 Å². The summed E-state index contributed by atoms with van der Waals surface area (Å²) < 4.78 is 2.13. The van der Waals surface area contributed by atoms with Gasteiger partial charge in [-0.2, -0.15) is 0 Å². The minimum Gasteiger partial charge on any atom is -0.315 e. The Morgan fingerprint density at radius 3 is 2.71 bits per heavy atom. The van der Waals surface area contributed by atoms with E-state index in [4.69, 9.17) is 0 Å². The van der Waals surface area contributed by atoms with Crippen LogP contribution in [0.15, 0.2) is 23.4 Å². The molecule has 4 nitrogen and oxygen atoms in total. The van der Waals surface area contributed by atoms with Crippen molar-refractivity contribution in [1.29, 1.82) is 0 Å². The number of rotatable bonds is 4. The van der Waals surface area contributed by atoms with E-state index in [1.165, 1.54) is 5.56 Å². The molecule has 0 bridgehead atoms. The first-order valence-electron chi connectivity index (χ1n) is 5.65. The number of hydrogen-bond acceptors (Lipinski definition) is 4. The monoisotopic (exact) mass is 248 g/mol. The van der Waals surface area contributed by atoms with Crippen LogP contribution in [-0.2, 0) is 12.3 Å². The summed E-state index contributed by atoms with van der Waals surface area (Å²) in [6, 6.07) is 4.12.